The molecule has 0 bridgehead atoms. The van der Waals surface area contributed by atoms with Crippen LogP contribution in [-0.2, 0) is 24.2 Å². The van der Waals surface area contributed by atoms with Crippen molar-refractivity contribution in [3.8, 4) is 0 Å². The van der Waals surface area contributed by atoms with Crippen molar-refractivity contribution in [2.24, 2.45) is 5.92 Å². The van der Waals surface area contributed by atoms with E-state index in [-0.39, 0.29) is 16.7 Å². The molecule has 140 valence electrons. The molecule has 1 aliphatic rings. The summed E-state index contributed by atoms with van der Waals surface area (Å²) in [6.07, 6.45) is 4.79. The Balaban J connectivity index is 2.11. The standard InChI is InChI=1S/C19H25N3O2S2/c1-6-9-22-18(24)15-13-8-7-11(2)10-14(13)26-16(15)20-19(22)25-12(3)17(23)21(4)5/h6,11-12H,1,7-10H2,2-5H3/t11-,12-/m1/s1. The highest BCUT2D eigenvalue weighted by Crippen LogP contribution is 2.36. The highest BCUT2D eigenvalue weighted by Gasteiger charge is 2.26. The molecule has 26 heavy (non-hydrogen) atoms. The van der Waals surface area contributed by atoms with Crippen LogP contribution < -0.4 is 5.56 Å². The van der Waals surface area contributed by atoms with E-state index in [0.29, 0.717) is 17.6 Å². The number of carbonyl (C=O) groups is 1. The second kappa shape index (κ2) is 7.56. The Morgan fingerprint density at radius 3 is 2.92 bits per heavy atom. The van der Waals surface area contributed by atoms with E-state index in [1.165, 1.54) is 22.2 Å². The molecule has 0 fully saturated rings. The van der Waals surface area contributed by atoms with E-state index >= 15 is 0 Å². The molecule has 2 heterocycles. The highest BCUT2D eigenvalue weighted by atomic mass is 32.2. The zero-order valence-electron chi connectivity index (χ0n) is 15.7. The predicted octanol–water partition coefficient (Wildman–Crippen LogP) is 3.34. The Hall–Kier alpha value is -1.60. The lowest BCUT2D eigenvalue weighted by Gasteiger charge is -2.18. The summed E-state index contributed by atoms with van der Waals surface area (Å²) in [5, 5.41) is 1.06. The first-order valence-corrected chi connectivity index (χ1v) is 10.6. The van der Waals surface area contributed by atoms with Gasteiger partial charge in [-0.05, 0) is 37.7 Å². The molecule has 0 saturated carbocycles. The maximum atomic E-state index is 13.2. The third kappa shape index (κ3) is 3.47. The van der Waals surface area contributed by atoms with Gasteiger partial charge in [0.25, 0.3) is 5.56 Å². The van der Waals surface area contributed by atoms with Crippen LogP contribution in [0.25, 0.3) is 10.2 Å². The van der Waals surface area contributed by atoms with E-state index in [0.717, 1.165) is 29.5 Å². The quantitative estimate of drug-likeness (QED) is 0.446. The van der Waals surface area contributed by atoms with Gasteiger partial charge in [-0.3, -0.25) is 14.2 Å². The molecule has 1 aliphatic carbocycles. The van der Waals surface area contributed by atoms with Crippen molar-refractivity contribution in [3.63, 3.8) is 0 Å². The first kappa shape index (κ1) is 19.2. The SMILES string of the molecule is C=CCn1c(S[C@H](C)C(=O)N(C)C)nc2sc3c(c2c1=O)CC[C@@H](C)C3. The van der Waals surface area contributed by atoms with E-state index in [9.17, 15) is 9.59 Å². The van der Waals surface area contributed by atoms with Crippen LogP contribution in [0.5, 0.6) is 0 Å². The lowest BCUT2D eigenvalue weighted by atomic mass is 9.89. The Kier molecular flexibility index (Phi) is 5.58. The van der Waals surface area contributed by atoms with Crippen molar-refractivity contribution in [1.29, 1.82) is 0 Å². The van der Waals surface area contributed by atoms with Crippen LogP contribution >= 0.6 is 23.1 Å². The van der Waals surface area contributed by atoms with Crippen molar-refractivity contribution in [2.75, 3.05) is 14.1 Å². The summed E-state index contributed by atoms with van der Waals surface area (Å²) in [5.74, 6) is 0.659. The number of aromatic nitrogens is 2. The van der Waals surface area contributed by atoms with E-state index in [4.69, 9.17) is 4.98 Å². The van der Waals surface area contributed by atoms with Crippen molar-refractivity contribution in [3.05, 3.63) is 33.4 Å². The highest BCUT2D eigenvalue weighted by molar-refractivity contribution is 8.00. The summed E-state index contributed by atoms with van der Waals surface area (Å²) in [6.45, 7) is 8.28. The number of allylic oxidation sites excluding steroid dienone is 1. The summed E-state index contributed by atoms with van der Waals surface area (Å²) in [5.41, 5.74) is 1.18. The number of thiophene rings is 1. The second-order valence-electron chi connectivity index (χ2n) is 7.12. The first-order valence-electron chi connectivity index (χ1n) is 8.87. The summed E-state index contributed by atoms with van der Waals surface area (Å²) < 4.78 is 1.66. The molecule has 2 aromatic heterocycles. The van der Waals surface area contributed by atoms with Crippen molar-refractivity contribution in [2.45, 2.75) is 50.1 Å². The second-order valence-corrected chi connectivity index (χ2v) is 9.52. The fourth-order valence-electron chi connectivity index (χ4n) is 3.36. The van der Waals surface area contributed by atoms with E-state index in [2.05, 4.69) is 13.5 Å². The molecular formula is C19H25N3O2S2. The molecule has 7 heteroatoms. The molecular weight excluding hydrogens is 366 g/mol. The van der Waals surface area contributed by atoms with Crippen molar-refractivity contribution < 1.29 is 4.79 Å². The van der Waals surface area contributed by atoms with Gasteiger partial charge in [-0.25, -0.2) is 4.98 Å². The summed E-state index contributed by atoms with van der Waals surface area (Å²) in [7, 11) is 3.47. The molecule has 5 nitrogen and oxygen atoms in total. The van der Waals surface area contributed by atoms with Crippen LogP contribution in [0.3, 0.4) is 0 Å². The molecule has 0 aliphatic heterocycles. The normalized spacial score (nSPS) is 17.8. The zero-order chi connectivity index (χ0) is 19.0. The van der Waals surface area contributed by atoms with Gasteiger partial charge in [0, 0.05) is 25.5 Å². The van der Waals surface area contributed by atoms with Gasteiger partial charge in [0.15, 0.2) is 5.16 Å². The fourth-order valence-corrected chi connectivity index (χ4v) is 5.84. The van der Waals surface area contributed by atoms with Crippen molar-refractivity contribution >= 4 is 39.2 Å². The number of thioether (sulfide) groups is 1. The van der Waals surface area contributed by atoms with Gasteiger partial charge < -0.3 is 4.90 Å². The van der Waals surface area contributed by atoms with Gasteiger partial charge in [0.1, 0.15) is 4.83 Å². The van der Waals surface area contributed by atoms with Gasteiger partial charge in [-0.15, -0.1) is 17.9 Å². The number of amides is 1. The lowest BCUT2D eigenvalue weighted by Crippen LogP contribution is -2.31. The van der Waals surface area contributed by atoms with Crippen molar-refractivity contribution in [1.82, 2.24) is 14.5 Å². The minimum atomic E-state index is -0.306. The average Bonchev–Trinajstić information content (AvgIpc) is 2.94. The average molecular weight is 392 g/mol. The van der Waals surface area contributed by atoms with Crippen LogP contribution in [-0.4, -0.2) is 39.7 Å². The number of hydrogen-bond donors (Lipinski definition) is 0. The molecule has 2 atom stereocenters. The van der Waals surface area contributed by atoms with Gasteiger partial charge in [0.05, 0.1) is 10.6 Å². The number of fused-ring (bicyclic) bond motifs is 3. The molecule has 3 rings (SSSR count). The number of rotatable bonds is 5. The molecule has 0 unspecified atom stereocenters. The monoisotopic (exact) mass is 391 g/mol. The molecule has 0 N–H and O–H groups in total. The third-order valence-electron chi connectivity index (χ3n) is 4.76. The largest absolute Gasteiger partial charge is 0.348 e. The molecule has 0 aromatic carbocycles. The van der Waals surface area contributed by atoms with Crippen LogP contribution in [0, 0.1) is 5.92 Å². The molecule has 0 saturated heterocycles. The summed E-state index contributed by atoms with van der Waals surface area (Å²) in [4.78, 5) is 33.9. The maximum Gasteiger partial charge on any atom is 0.263 e. The van der Waals surface area contributed by atoms with Gasteiger partial charge in [0.2, 0.25) is 5.91 Å². The number of nitrogens with zero attached hydrogens (tertiary/aromatic N) is 3. The van der Waals surface area contributed by atoms with E-state index in [1.54, 1.807) is 41.0 Å². The van der Waals surface area contributed by atoms with E-state index in [1.807, 2.05) is 6.92 Å². The van der Waals surface area contributed by atoms with E-state index < -0.39 is 0 Å². The summed E-state index contributed by atoms with van der Waals surface area (Å²) in [6, 6.07) is 0. The Morgan fingerprint density at radius 1 is 1.54 bits per heavy atom. The Labute approximate surface area is 162 Å². The lowest BCUT2D eigenvalue weighted by molar-refractivity contribution is -0.127. The third-order valence-corrected chi connectivity index (χ3v) is 6.99. The molecule has 2 aromatic rings. The van der Waals surface area contributed by atoms with Gasteiger partial charge in [-0.2, -0.15) is 0 Å². The Morgan fingerprint density at radius 2 is 2.27 bits per heavy atom. The van der Waals surface area contributed by atoms with Gasteiger partial charge >= 0.3 is 0 Å². The number of hydrogen-bond acceptors (Lipinski definition) is 5. The zero-order valence-corrected chi connectivity index (χ0v) is 17.4. The topological polar surface area (TPSA) is 55.2 Å². The molecule has 0 radical (unpaired) electrons. The first-order chi connectivity index (χ1) is 12.3. The fraction of sp³-hybridized carbons (Fsp3) is 0.526. The molecule has 0 spiro atoms. The smallest absolute Gasteiger partial charge is 0.263 e. The minimum Gasteiger partial charge on any atom is -0.348 e. The van der Waals surface area contributed by atoms with Gasteiger partial charge in [-0.1, -0.05) is 24.8 Å². The number of aryl methyl sites for hydroxylation is 1. The predicted molar refractivity (Wildman–Crippen MR) is 109 cm³/mol. The van der Waals surface area contributed by atoms with Crippen LogP contribution in [0.2, 0.25) is 0 Å². The van der Waals surface area contributed by atoms with Crippen LogP contribution in [0.15, 0.2) is 22.6 Å². The minimum absolute atomic E-state index is 0.00560. The number of carbonyl (C=O) groups excluding carboxylic acids is 1. The Bertz CT molecular complexity index is 914. The summed E-state index contributed by atoms with van der Waals surface area (Å²) >= 11 is 2.98. The maximum absolute atomic E-state index is 13.2. The molecule has 1 amide bonds. The van der Waals surface area contributed by atoms with Crippen LogP contribution in [0.4, 0.5) is 0 Å². The van der Waals surface area contributed by atoms with Crippen LogP contribution in [0.1, 0.15) is 30.7 Å².